The number of benzene rings is 1. The first kappa shape index (κ1) is 13.4. The first-order valence-electron chi connectivity index (χ1n) is 6.48. The zero-order valence-electron chi connectivity index (χ0n) is 11.3. The molecule has 0 bridgehead atoms. The van der Waals surface area contributed by atoms with Crippen molar-refractivity contribution in [2.45, 2.75) is 33.2 Å². The van der Waals surface area contributed by atoms with Crippen LogP contribution in [-0.2, 0) is 13.0 Å². The van der Waals surface area contributed by atoms with E-state index in [0.29, 0.717) is 18.4 Å². The molecule has 0 aliphatic carbocycles. The molecular weight excluding hydrogens is 242 g/mol. The monoisotopic (exact) mass is 261 g/mol. The van der Waals surface area contributed by atoms with Gasteiger partial charge in [-0.3, -0.25) is 0 Å². The van der Waals surface area contributed by atoms with Gasteiger partial charge in [0.05, 0.1) is 6.54 Å². The minimum Gasteiger partial charge on any atom is -0.508 e. The Kier molecular flexibility index (Phi) is 4.39. The van der Waals surface area contributed by atoms with Crippen LogP contribution in [0.1, 0.15) is 32.0 Å². The summed E-state index contributed by atoms with van der Waals surface area (Å²) < 4.78 is 5.17. The number of nitrogens with one attached hydrogen (secondary N) is 1. The highest BCUT2D eigenvalue weighted by atomic mass is 16.5. The maximum Gasteiger partial charge on any atom is 0.245 e. The van der Waals surface area contributed by atoms with Crippen molar-refractivity contribution in [3.05, 3.63) is 36.0 Å². The maximum atomic E-state index is 9.18. The number of aromatic nitrogens is 2. The van der Waals surface area contributed by atoms with E-state index in [0.717, 1.165) is 24.4 Å². The summed E-state index contributed by atoms with van der Waals surface area (Å²) in [5.41, 5.74) is 0.903. The number of nitrogens with zero attached hydrogens (tertiary/aromatic N) is 2. The summed E-state index contributed by atoms with van der Waals surface area (Å²) in [5.74, 6) is 2.22. The predicted molar refractivity (Wildman–Crippen MR) is 72.9 cm³/mol. The molecule has 0 saturated heterocycles. The molecule has 1 heterocycles. The lowest BCUT2D eigenvalue weighted by molar-refractivity contribution is 0.376. The molecule has 1 aromatic carbocycles. The molecule has 0 aliphatic rings. The van der Waals surface area contributed by atoms with Gasteiger partial charge in [-0.2, -0.15) is 4.98 Å². The highest BCUT2D eigenvalue weighted by Crippen LogP contribution is 2.14. The molecule has 0 fully saturated rings. The summed E-state index contributed by atoms with van der Waals surface area (Å²) >= 11 is 0. The van der Waals surface area contributed by atoms with E-state index in [1.165, 1.54) is 0 Å². The average molecular weight is 261 g/mol. The first-order chi connectivity index (χ1) is 9.13. The fourth-order valence-corrected chi connectivity index (χ4v) is 1.64. The number of rotatable bonds is 6. The normalized spacial score (nSPS) is 10.9. The van der Waals surface area contributed by atoms with Gasteiger partial charge in [0.25, 0.3) is 0 Å². The van der Waals surface area contributed by atoms with E-state index >= 15 is 0 Å². The molecule has 0 spiro atoms. The largest absolute Gasteiger partial charge is 0.508 e. The van der Waals surface area contributed by atoms with Crippen LogP contribution in [0.15, 0.2) is 28.8 Å². The van der Waals surface area contributed by atoms with E-state index in [2.05, 4.69) is 29.3 Å². The fraction of sp³-hybridized carbons (Fsp3) is 0.429. The van der Waals surface area contributed by atoms with Crippen molar-refractivity contribution in [2.24, 2.45) is 5.92 Å². The van der Waals surface area contributed by atoms with Crippen LogP contribution in [-0.4, -0.2) is 15.2 Å². The van der Waals surface area contributed by atoms with E-state index in [9.17, 15) is 5.11 Å². The lowest BCUT2D eigenvalue weighted by Gasteiger charge is -2.02. The molecule has 0 amide bonds. The van der Waals surface area contributed by atoms with Gasteiger partial charge in [0, 0.05) is 12.1 Å². The Bertz CT molecular complexity index is 506. The molecule has 5 nitrogen and oxygen atoms in total. The molecule has 0 atom stereocenters. The summed E-state index contributed by atoms with van der Waals surface area (Å²) in [6.45, 7) is 4.83. The Hall–Kier alpha value is -2.04. The zero-order chi connectivity index (χ0) is 13.7. The molecule has 1 aromatic heterocycles. The highest BCUT2D eigenvalue weighted by Gasteiger charge is 2.06. The molecule has 0 aliphatic heterocycles. The summed E-state index contributed by atoms with van der Waals surface area (Å²) in [6.07, 6.45) is 1.91. The summed E-state index contributed by atoms with van der Waals surface area (Å²) in [7, 11) is 0. The second-order valence-corrected chi connectivity index (χ2v) is 4.94. The van der Waals surface area contributed by atoms with Gasteiger partial charge in [0.15, 0.2) is 5.82 Å². The van der Waals surface area contributed by atoms with E-state index in [1.54, 1.807) is 24.3 Å². The Morgan fingerprint density at radius 3 is 2.68 bits per heavy atom. The van der Waals surface area contributed by atoms with Gasteiger partial charge in [-0.1, -0.05) is 19.0 Å². The molecule has 2 rings (SSSR count). The molecule has 19 heavy (non-hydrogen) atoms. The van der Waals surface area contributed by atoms with Gasteiger partial charge in [-0.25, -0.2) is 0 Å². The van der Waals surface area contributed by atoms with Crippen molar-refractivity contribution in [2.75, 3.05) is 5.32 Å². The summed E-state index contributed by atoms with van der Waals surface area (Å²) in [5, 5.41) is 16.3. The lowest BCUT2D eigenvalue weighted by atomic mass is 10.1. The third-order valence-corrected chi connectivity index (χ3v) is 2.77. The van der Waals surface area contributed by atoms with Gasteiger partial charge >= 0.3 is 0 Å². The molecule has 2 aromatic rings. The summed E-state index contributed by atoms with van der Waals surface area (Å²) in [6, 6.07) is 6.85. The highest BCUT2D eigenvalue weighted by molar-refractivity contribution is 5.45. The van der Waals surface area contributed by atoms with Crippen LogP contribution in [0, 0.1) is 5.92 Å². The number of phenols is 1. The van der Waals surface area contributed by atoms with Crippen molar-refractivity contribution in [1.82, 2.24) is 10.1 Å². The van der Waals surface area contributed by atoms with Gasteiger partial charge in [0.2, 0.25) is 5.89 Å². The van der Waals surface area contributed by atoms with E-state index in [1.807, 2.05) is 0 Å². The van der Waals surface area contributed by atoms with Crippen LogP contribution in [0.25, 0.3) is 0 Å². The van der Waals surface area contributed by atoms with Crippen molar-refractivity contribution in [3.63, 3.8) is 0 Å². The number of aromatic hydroxyl groups is 1. The average Bonchev–Trinajstić information content (AvgIpc) is 2.84. The third-order valence-electron chi connectivity index (χ3n) is 2.77. The predicted octanol–water partition coefficient (Wildman–Crippen LogP) is 2.98. The lowest BCUT2D eigenvalue weighted by Crippen LogP contribution is -2.00. The third kappa shape index (κ3) is 4.28. The Balaban J connectivity index is 1.84. The van der Waals surface area contributed by atoms with Gasteiger partial charge < -0.3 is 14.9 Å². The smallest absolute Gasteiger partial charge is 0.245 e. The molecule has 2 N–H and O–H groups in total. The van der Waals surface area contributed by atoms with Crippen molar-refractivity contribution in [3.8, 4) is 5.75 Å². The minimum atomic E-state index is 0.249. The number of aryl methyl sites for hydroxylation is 1. The number of phenolic OH excluding ortho intramolecular Hbond substituents is 1. The second kappa shape index (κ2) is 6.22. The molecule has 0 saturated carbocycles. The minimum absolute atomic E-state index is 0.249. The molecule has 0 radical (unpaired) electrons. The maximum absolute atomic E-state index is 9.18. The second-order valence-electron chi connectivity index (χ2n) is 4.94. The van der Waals surface area contributed by atoms with E-state index in [4.69, 9.17) is 4.52 Å². The number of hydrogen-bond acceptors (Lipinski definition) is 5. The summed E-state index contributed by atoms with van der Waals surface area (Å²) in [4.78, 5) is 4.33. The van der Waals surface area contributed by atoms with Crippen LogP contribution in [0.5, 0.6) is 5.75 Å². The van der Waals surface area contributed by atoms with Crippen molar-refractivity contribution < 1.29 is 9.63 Å². The standard InChI is InChI=1S/C14H19N3O2/c1-10(2)3-8-13-16-14(19-17-13)9-15-11-4-6-12(18)7-5-11/h4-7,10,15,18H,3,8-9H2,1-2H3. The van der Waals surface area contributed by atoms with Crippen LogP contribution in [0.2, 0.25) is 0 Å². The van der Waals surface area contributed by atoms with Crippen molar-refractivity contribution in [1.29, 1.82) is 0 Å². The number of anilines is 1. The van der Waals surface area contributed by atoms with Gasteiger partial charge in [0.1, 0.15) is 5.75 Å². The van der Waals surface area contributed by atoms with Gasteiger partial charge in [-0.05, 0) is 36.6 Å². The molecule has 5 heteroatoms. The van der Waals surface area contributed by atoms with Crippen LogP contribution in [0.3, 0.4) is 0 Å². The van der Waals surface area contributed by atoms with Crippen LogP contribution in [0.4, 0.5) is 5.69 Å². The molecular formula is C14H19N3O2. The van der Waals surface area contributed by atoms with Crippen molar-refractivity contribution >= 4 is 5.69 Å². The zero-order valence-corrected chi connectivity index (χ0v) is 11.3. The first-order valence-corrected chi connectivity index (χ1v) is 6.48. The Labute approximate surface area is 112 Å². The SMILES string of the molecule is CC(C)CCc1noc(CNc2ccc(O)cc2)n1. The fourth-order valence-electron chi connectivity index (χ4n) is 1.64. The Morgan fingerprint density at radius 2 is 2.00 bits per heavy atom. The van der Waals surface area contributed by atoms with Crippen LogP contribution < -0.4 is 5.32 Å². The molecule has 102 valence electrons. The Morgan fingerprint density at radius 1 is 1.26 bits per heavy atom. The number of hydrogen-bond donors (Lipinski definition) is 2. The van der Waals surface area contributed by atoms with E-state index < -0.39 is 0 Å². The topological polar surface area (TPSA) is 71.2 Å². The quantitative estimate of drug-likeness (QED) is 0.782. The van der Waals surface area contributed by atoms with Crippen LogP contribution >= 0.6 is 0 Å². The van der Waals surface area contributed by atoms with Gasteiger partial charge in [-0.15, -0.1) is 0 Å². The molecule has 0 unspecified atom stereocenters. The van der Waals surface area contributed by atoms with E-state index in [-0.39, 0.29) is 5.75 Å².